The lowest BCUT2D eigenvalue weighted by atomic mass is 10.1. The number of nitrogens with zero attached hydrogens (tertiary/aromatic N) is 2. The lowest BCUT2D eigenvalue weighted by Gasteiger charge is -2.01. The maximum absolute atomic E-state index is 13.1. The number of benzene rings is 1. The van der Waals surface area contributed by atoms with Gasteiger partial charge in [-0.3, -0.25) is 4.68 Å². The quantitative estimate of drug-likeness (QED) is 0.844. The van der Waals surface area contributed by atoms with Gasteiger partial charge in [0.1, 0.15) is 5.82 Å². The van der Waals surface area contributed by atoms with Gasteiger partial charge >= 0.3 is 0 Å². The van der Waals surface area contributed by atoms with Crippen LogP contribution in [-0.4, -0.2) is 29.7 Å². The maximum Gasteiger partial charge on any atom is 0.151 e. The monoisotopic (exact) mass is 282 g/mol. The molecule has 6 heteroatoms. The van der Waals surface area contributed by atoms with Crippen LogP contribution in [0.15, 0.2) is 36.7 Å². The summed E-state index contributed by atoms with van der Waals surface area (Å²) in [6.45, 7) is 1.93. The number of hydrogen-bond donors (Lipinski definition) is 0. The molecule has 0 saturated carbocycles. The van der Waals surface area contributed by atoms with Crippen molar-refractivity contribution in [1.29, 1.82) is 0 Å². The zero-order chi connectivity index (χ0) is 13.9. The predicted octanol–water partition coefficient (Wildman–Crippen LogP) is 2.12. The molecule has 1 heterocycles. The molecule has 0 spiro atoms. The summed E-state index contributed by atoms with van der Waals surface area (Å²) in [5, 5.41) is 4.09. The first-order valence-corrected chi connectivity index (χ1v) is 7.81. The third-order valence-corrected chi connectivity index (χ3v) is 4.55. The molecule has 0 saturated heterocycles. The van der Waals surface area contributed by atoms with Crippen LogP contribution in [0.2, 0.25) is 0 Å². The molecule has 19 heavy (non-hydrogen) atoms. The Morgan fingerprint density at radius 1 is 1.32 bits per heavy atom. The van der Waals surface area contributed by atoms with Crippen molar-refractivity contribution in [3.8, 4) is 11.1 Å². The van der Waals surface area contributed by atoms with Crippen molar-refractivity contribution >= 4 is 9.84 Å². The number of aromatic nitrogens is 2. The zero-order valence-corrected chi connectivity index (χ0v) is 11.4. The predicted molar refractivity (Wildman–Crippen MR) is 71.9 cm³/mol. The number of rotatable bonds is 5. The highest BCUT2D eigenvalue weighted by Gasteiger charge is 2.09. The van der Waals surface area contributed by atoms with E-state index >= 15 is 0 Å². The van der Waals surface area contributed by atoms with E-state index in [1.807, 2.05) is 0 Å². The van der Waals surface area contributed by atoms with Crippen LogP contribution in [0.1, 0.15) is 6.92 Å². The van der Waals surface area contributed by atoms with Crippen LogP contribution in [0.5, 0.6) is 0 Å². The van der Waals surface area contributed by atoms with E-state index in [0.717, 1.165) is 11.1 Å². The average Bonchev–Trinajstić information content (AvgIpc) is 2.85. The van der Waals surface area contributed by atoms with Crippen LogP contribution in [0.4, 0.5) is 4.39 Å². The van der Waals surface area contributed by atoms with Crippen LogP contribution in [0, 0.1) is 5.82 Å². The van der Waals surface area contributed by atoms with Gasteiger partial charge in [-0.25, -0.2) is 12.8 Å². The molecule has 2 aromatic rings. The second-order valence-electron chi connectivity index (χ2n) is 4.24. The van der Waals surface area contributed by atoms with Gasteiger partial charge in [-0.1, -0.05) is 19.1 Å². The number of aryl methyl sites for hydroxylation is 1. The van der Waals surface area contributed by atoms with E-state index in [2.05, 4.69) is 5.10 Å². The molecule has 0 amide bonds. The van der Waals surface area contributed by atoms with Gasteiger partial charge < -0.3 is 0 Å². The standard InChI is InChI=1S/C13H15FN2O2S/c1-2-19(17,18)7-6-16-10-12(9-15-16)11-4-3-5-13(14)8-11/h3-5,8-10H,2,6-7H2,1H3. The van der Waals surface area contributed by atoms with Crippen molar-refractivity contribution in [1.82, 2.24) is 9.78 Å². The molecule has 0 radical (unpaired) electrons. The Morgan fingerprint density at radius 3 is 2.79 bits per heavy atom. The second-order valence-corrected chi connectivity index (χ2v) is 6.71. The van der Waals surface area contributed by atoms with Crippen LogP contribution in [-0.2, 0) is 16.4 Å². The highest BCUT2D eigenvalue weighted by atomic mass is 32.2. The van der Waals surface area contributed by atoms with Gasteiger partial charge in [0.05, 0.1) is 18.5 Å². The van der Waals surface area contributed by atoms with Gasteiger partial charge in [-0.05, 0) is 17.7 Å². The Hall–Kier alpha value is -1.69. The van der Waals surface area contributed by atoms with Crippen LogP contribution < -0.4 is 0 Å². The van der Waals surface area contributed by atoms with Crippen molar-refractivity contribution in [2.24, 2.45) is 0 Å². The number of hydrogen-bond acceptors (Lipinski definition) is 3. The Kier molecular flexibility index (Phi) is 3.99. The Labute approximate surface area is 111 Å². The van der Waals surface area contributed by atoms with Gasteiger partial charge in [0, 0.05) is 17.5 Å². The fourth-order valence-electron chi connectivity index (χ4n) is 1.68. The molecule has 0 atom stereocenters. The van der Waals surface area contributed by atoms with Gasteiger partial charge in [0.2, 0.25) is 0 Å². The van der Waals surface area contributed by atoms with E-state index < -0.39 is 9.84 Å². The van der Waals surface area contributed by atoms with Gasteiger partial charge in [0.25, 0.3) is 0 Å². The molecule has 0 aliphatic carbocycles. The molecule has 4 nitrogen and oxygen atoms in total. The fourth-order valence-corrected chi connectivity index (χ4v) is 2.43. The van der Waals surface area contributed by atoms with Crippen LogP contribution >= 0.6 is 0 Å². The summed E-state index contributed by atoms with van der Waals surface area (Å²) >= 11 is 0. The van der Waals surface area contributed by atoms with Crippen molar-refractivity contribution in [3.05, 3.63) is 42.5 Å². The molecule has 0 unspecified atom stereocenters. The van der Waals surface area contributed by atoms with Gasteiger partial charge in [0.15, 0.2) is 9.84 Å². The van der Waals surface area contributed by atoms with E-state index in [4.69, 9.17) is 0 Å². The maximum atomic E-state index is 13.1. The Morgan fingerprint density at radius 2 is 2.11 bits per heavy atom. The molecule has 0 N–H and O–H groups in total. The van der Waals surface area contributed by atoms with E-state index in [1.54, 1.807) is 36.1 Å². The molecule has 1 aromatic heterocycles. The molecule has 102 valence electrons. The molecule has 0 aliphatic rings. The lowest BCUT2D eigenvalue weighted by molar-refractivity contribution is 0.582. The minimum atomic E-state index is -3.00. The van der Waals surface area contributed by atoms with Crippen LogP contribution in [0.3, 0.4) is 0 Å². The average molecular weight is 282 g/mol. The molecule has 0 fully saturated rings. The van der Waals surface area contributed by atoms with E-state index in [1.165, 1.54) is 12.1 Å². The summed E-state index contributed by atoms with van der Waals surface area (Å²) in [7, 11) is -3.00. The third kappa shape index (κ3) is 3.64. The SMILES string of the molecule is CCS(=O)(=O)CCn1cc(-c2cccc(F)c2)cn1. The van der Waals surface area contributed by atoms with E-state index in [9.17, 15) is 12.8 Å². The summed E-state index contributed by atoms with van der Waals surface area (Å²) in [5.74, 6) is -0.113. The van der Waals surface area contributed by atoms with Crippen molar-refractivity contribution in [3.63, 3.8) is 0 Å². The first-order valence-electron chi connectivity index (χ1n) is 5.99. The topological polar surface area (TPSA) is 52.0 Å². The lowest BCUT2D eigenvalue weighted by Crippen LogP contribution is -2.14. The van der Waals surface area contributed by atoms with Crippen molar-refractivity contribution < 1.29 is 12.8 Å². The zero-order valence-electron chi connectivity index (χ0n) is 10.6. The minimum Gasteiger partial charge on any atom is -0.271 e. The molecule has 2 rings (SSSR count). The normalized spacial score (nSPS) is 11.7. The number of halogens is 1. The van der Waals surface area contributed by atoms with Gasteiger partial charge in [-0.15, -0.1) is 0 Å². The van der Waals surface area contributed by atoms with E-state index in [0.29, 0.717) is 6.54 Å². The second kappa shape index (κ2) is 5.52. The molecular weight excluding hydrogens is 267 g/mol. The summed E-state index contributed by atoms with van der Waals surface area (Å²) in [6, 6.07) is 6.21. The Bertz CT molecular complexity index is 665. The van der Waals surface area contributed by atoms with Crippen LogP contribution in [0.25, 0.3) is 11.1 Å². The Balaban J connectivity index is 2.12. The fraction of sp³-hybridized carbons (Fsp3) is 0.308. The molecule has 0 bridgehead atoms. The summed E-state index contributed by atoms with van der Waals surface area (Å²) in [4.78, 5) is 0. The minimum absolute atomic E-state index is 0.0633. The summed E-state index contributed by atoms with van der Waals surface area (Å²) in [5.41, 5.74) is 1.50. The number of sulfone groups is 1. The smallest absolute Gasteiger partial charge is 0.151 e. The van der Waals surface area contributed by atoms with Crippen molar-refractivity contribution in [2.75, 3.05) is 11.5 Å². The van der Waals surface area contributed by atoms with Crippen molar-refractivity contribution in [2.45, 2.75) is 13.5 Å². The molecule has 0 aliphatic heterocycles. The first kappa shape index (κ1) is 13.7. The molecular formula is C13H15FN2O2S. The highest BCUT2D eigenvalue weighted by Crippen LogP contribution is 2.19. The van der Waals surface area contributed by atoms with Gasteiger partial charge in [-0.2, -0.15) is 5.10 Å². The molecule has 1 aromatic carbocycles. The first-order chi connectivity index (χ1) is 9.00. The largest absolute Gasteiger partial charge is 0.271 e. The summed E-state index contributed by atoms with van der Waals surface area (Å²) < 4.78 is 37.5. The third-order valence-electron chi connectivity index (χ3n) is 2.86. The van der Waals surface area contributed by atoms with E-state index in [-0.39, 0.29) is 17.3 Å². The summed E-state index contributed by atoms with van der Waals surface area (Å²) in [6.07, 6.45) is 3.33. The highest BCUT2D eigenvalue weighted by molar-refractivity contribution is 7.91.